The maximum absolute atomic E-state index is 4.39. The lowest BCUT2D eigenvalue weighted by Gasteiger charge is -2.19. The molecule has 1 aromatic heterocycles. The molecule has 16 heavy (non-hydrogen) atoms. The molecule has 1 aromatic carbocycles. The van der Waals surface area contributed by atoms with Crippen molar-refractivity contribution in [2.75, 3.05) is 13.1 Å². The zero-order valence-corrected chi connectivity index (χ0v) is 8.98. The van der Waals surface area contributed by atoms with E-state index in [-0.39, 0.29) is 0 Å². The normalized spacial score (nSPS) is 27.0. The third-order valence-electron chi connectivity index (χ3n) is 3.90. The summed E-state index contributed by atoms with van der Waals surface area (Å²) in [5.74, 6) is 1.39. The molecular weight excluding hydrogens is 198 g/mol. The van der Waals surface area contributed by atoms with Gasteiger partial charge in [0, 0.05) is 25.5 Å². The Bertz CT molecular complexity index is 516. The van der Waals surface area contributed by atoms with Crippen LogP contribution in [0.2, 0.25) is 0 Å². The van der Waals surface area contributed by atoms with Crippen molar-refractivity contribution in [1.29, 1.82) is 0 Å². The Kier molecular flexibility index (Phi) is 1.63. The van der Waals surface area contributed by atoms with E-state index in [1.807, 2.05) is 0 Å². The molecule has 0 radical (unpaired) electrons. The van der Waals surface area contributed by atoms with Crippen molar-refractivity contribution < 1.29 is 0 Å². The van der Waals surface area contributed by atoms with Gasteiger partial charge in [0.2, 0.25) is 0 Å². The first-order chi connectivity index (χ1) is 7.92. The van der Waals surface area contributed by atoms with Gasteiger partial charge >= 0.3 is 0 Å². The minimum Gasteiger partial charge on any atom is -0.316 e. The minimum atomic E-state index is 0.695. The summed E-state index contributed by atoms with van der Waals surface area (Å²) < 4.78 is 0. The van der Waals surface area contributed by atoms with Gasteiger partial charge in [0.15, 0.2) is 0 Å². The first kappa shape index (κ1) is 8.65. The second kappa shape index (κ2) is 3.01. The molecule has 2 atom stereocenters. The van der Waals surface area contributed by atoms with E-state index < -0.39 is 0 Å². The summed E-state index contributed by atoms with van der Waals surface area (Å²) in [5, 5.41) is 3.51. The Hall–Kier alpha value is -1.48. The SMILES string of the molecule is c1cnc2cc3c(cc2n1)C1CNC[C@H]3C1. The summed E-state index contributed by atoms with van der Waals surface area (Å²) in [4.78, 5) is 8.78. The number of hydrogen-bond donors (Lipinski definition) is 1. The van der Waals surface area contributed by atoms with Crippen LogP contribution in [-0.4, -0.2) is 23.1 Å². The highest BCUT2D eigenvalue weighted by molar-refractivity contribution is 5.77. The number of piperidine rings is 1. The van der Waals surface area contributed by atoms with Crippen molar-refractivity contribution in [3.05, 3.63) is 35.7 Å². The molecular formula is C13H13N3. The third-order valence-corrected chi connectivity index (χ3v) is 3.90. The summed E-state index contributed by atoms with van der Waals surface area (Å²) >= 11 is 0. The zero-order chi connectivity index (χ0) is 10.5. The van der Waals surface area contributed by atoms with E-state index in [2.05, 4.69) is 27.4 Å². The summed E-state index contributed by atoms with van der Waals surface area (Å²) in [6, 6.07) is 4.49. The van der Waals surface area contributed by atoms with Gasteiger partial charge in [0.25, 0.3) is 0 Å². The second-order valence-electron chi connectivity index (χ2n) is 4.81. The highest BCUT2D eigenvalue weighted by Crippen LogP contribution is 2.44. The predicted octanol–water partition coefficient (Wildman–Crippen LogP) is 1.80. The molecule has 3 heteroatoms. The lowest BCUT2D eigenvalue weighted by Crippen LogP contribution is -2.28. The number of aromatic nitrogens is 2. The van der Waals surface area contributed by atoms with Crippen molar-refractivity contribution in [1.82, 2.24) is 15.3 Å². The molecule has 1 aliphatic heterocycles. The molecule has 80 valence electrons. The first-order valence-corrected chi connectivity index (χ1v) is 5.87. The van der Waals surface area contributed by atoms with Gasteiger partial charge in [-0.05, 0) is 41.5 Å². The summed E-state index contributed by atoms with van der Waals surface area (Å²) in [6.45, 7) is 2.24. The Morgan fingerprint density at radius 2 is 1.50 bits per heavy atom. The molecule has 0 spiro atoms. The quantitative estimate of drug-likeness (QED) is 0.722. The van der Waals surface area contributed by atoms with E-state index in [4.69, 9.17) is 0 Å². The van der Waals surface area contributed by atoms with Gasteiger partial charge in [-0.25, -0.2) is 0 Å². The van der Waals surface area contributed by atoms with Crippen LogP contribution in [0.25, 0.3) is 11.0 Å². The van der Waals surface area contributed by atoms with E-state index >= 15 is 0 Å². The Labute approximate surface area is 93.9 Å². The van der Waals surface area contributed by atoms with Crippen LogP contribution >= 0.6 is 0 Å². The fourth-order valence-electron chi connectivity index (χ4n) is 3.17. The van der Waals surface area contributed by atoms with Crippen LogP contribution in [0, 0.1) is 0 Å². The molecule has 4 rings (SSSR count). The van der Waals surface area contributed by atoms with Crippen LogP contribution in [-0.2, 0) is 0 Å². The van der Waals surface area contributed by atoms with Crippen molar-refractivity contribution in [3.8, 4) is 0 Å². The molecule has 2 aromatic rings. The van der Waals surface area contributed by atoms with Gasteiger partial charge in [0.1, 0.15) is 0 Å². The number of rotatable bonds is 0. The zero-order valence-electron chi connectivity index (χ0n) is 8.98. The number of benzene rings is 1. The van der Waals surface area contributed by atoms with Gasteiger partial charge in [-0.15, -0.1) is 0 Å². The van der Waals surface area contributed by atoms with Crippen molar-refractivity contribution in [3.63, 3.8) is 0 Å². The fraction of sp³-hybridized carbons (Fsp3) is 0.385. The van der Waals surface area contributed by atoms with Gasteiger partial charge in [0.05, 0.1) is 11.0 Å². The maximum Gasteiger partial charge on any atom is 0.0889 e. The average Bonchev–Trinajstić information content (AvgIpc) is 2.59. The number of nitrogens with zero attached hydrogens (tertiary/aromatic N) is 2. The molecule has 1 aliphatic carbocycles. The highest BCUT2D eigenvalue weighted by Gasteiger charge is 2.34. The number of hydrogen-bond acceptors (Lipinski definition) is 3. The Morgan fingerprint density at radius 3 is 2.06 bits per heavy atom. The van der Waals surface area contributed by atoms with Crippen LogP contribution in [0.3, 0.4) is 0 Å². The molecule has 1 fully saturated rings. The first-order valence-electron chi connectivity index (χ1n) is 5.87. The van der Waals surface area contributed by atoms with E-state index in [9.17, 15) is 0 Å². The van der Waals surface area contributed by atoms with Crippen molar-refractivity contribution >= 4 is 11.0 Å². The standard InChI is InChI=1S/C13H13N3/c1-2-16-13-5-11-9-3-8(6-14-7-9)10(11)4-12(13)15-1/h1-2,4-5,8-9,14H,3,6-7H2/t8-,9?/m1/s1. The Morgan fingerprint density at radius 1 is 0.938 bits per heavy atom. The van der Waals surface area contributed by atoms with E-state index in [1.165, 1.54) is 17.5 Å². The number of fused-ring (bicyclic) bond motifs is 6. The Balaban J connectivity index is 2.01. The van der Waals surface area contributed by atoms with Crippen LogP contribution < -0.4 is 5.32 Å². The monoisotopic (exact) mass is 211 g/mol. The van der Waals surface area contributed by atoms with E-state index in [1.54, 1.807) is 12.4 Å². The van der Waals surface area contributed by atoms with Gasteiger partial charge in [-0.2, -0.15) is 0 Å². The smallest absolute Gasteiger partial charge is 0.0889 e. The van der Waals surface area contributed by atoms with Gasteiger partial charge < -0.3 is 5.32 Å². The lowest BCUT2D eigenvalue weighted by molar-refractivity contribution is 0.454. The molecule has 1 saturated heterocycles. The number of nitrogens with one attached hydrogen (secondary N) is 1. The van der Waals surface area contributed by atoms with Gasteiger partial charge in [-0.1, -0.05) is 0 Å². The van der Waals surface area contributed by atoms with Gasteiger partial charge in [-0.3, -0.25) is 9.97 Å². The van der Waals surface area contributed by atoms with E-state index in [0.29, 0.717) is 11.8 Å². The molecule has 3 nitrogen and oxygen atoms in total. The summed E-state index contributed by atoms with van der Waals surface area (Å²) in [6.07, 6.45) is 4.85. The molecule has 2 bridgehead atoms. The predicted molar refractivity (Wildman–Crippen MR) is 62.5 cm³/mol. The fourth-order valence-corrected chi connectivity index (χ4v) is 3.17. The van der Waals surface area contributed by atoms with Crippen LogP contribution in [0.4, 0.5) is 0 Å². The third kappa shape index (κ3) is 1.06. The molecule has 0 saturated carbocycles. The minimum absolute atomic E-state index is 0.695. The second-order valence-corrected chi connectivity index (χ2v) is 4.81. The topological polar surface area (TPSA) is 37.8 Å². The maximum atomic E-state index is 4.39. The largest absolute Gasteiger partial charge is 0.316 e. The van der Waals surface area contributed by atoms with E-state index in [0.717, 1.165) is 24.1 Å². The molecule has 2 heterocycles. The summed E-state index contributed by atoms with van der Waals surface area (Å²) in [7, 11) is 0. The molecule has 1 N–H and O–H groups in total. The average molecular weight is 211 g/mol. The molecule has 2 aliphatic rings. The molecule has 0 amide bonds. The lowest BCUT2D eigenvalue weighted by atomic mass is 9.98. The van der Waals surface area contributed by atoms with Crippen LogP contribution in [0.15, 0.2) is 24.5 Å². The van der Waals surface area contributed by atoms with Crippen LogP contribution in [0.5, 0.6) is 0 Å². The summed E-state index contributed by atoms with van der Waals surface area (Å²) in [5.41, 5.74) is 5.08. The highest BCUT2D eigenvalue weighted by atomic mass is 14.9. The molecule has 1 unspecified atom stereocenters. The van der Waals surface area contributed by atoms with Crippen molar-refractivity contribution in [2.45, 2.75) is 18.3 Å². The van der Waals surface area contributed by atoms with Crippen molar-refractivity contribution in [2.24, 2.45) is 0 Å². The van der Waals surface area contributed by atoms with Crippen LogP contribution in [0.1, 0.15) is 29.4 Å².